The highest BCUT2D eigenvalue weighted by Gasteiger charge is 2.09. The number of hydrogen-bond acceptors (Lipinski definition) is 3. The van der Waals surface area contributed by atoms with E-state index in [1.54, 1.807) is 0 Å². The van der Waals surface area contributed by atoms with E-state index in [0.717, 1.165) is 0 Å². The SMILES string of the molecule is O=C(C=Cc1ccc(OC(F)F)cc1)c1cc(Cl)ccc1O. The van der Waals surface area contributed by atoms with E-state index in [-0.39, 0.29) is 17.1 Å². The molecule has 0 heterocycles. The number of halogens is 3. The van der Waals surface area contributed by atoms with Crippen LogP contribution in [-0.4, -0.2) is 17.5 Å². The summed E-state index contributed by atoms with van der Waals surface area (Å²) in [6.07, 6.45) is 2.75. The van der Waals surface area contributed by atoms with Crippen molar-refractivity contribution < 1.29 is 23.4 Å². The highest BCUT2D eigenvalue weighted by atomic mass is 35.5. The molecule has 0 amide bonds. The van der Waals surface area contributed by atoms with Crippen LogP contribution in [0.15, 0.2) is 48.5 Å². The minimum absolute atomic E-state index is 0.0333. The van der Waals surface area contributed by atoms with E-state index in [4.69, 9.17) is 11.6 Å². The number of benzene rings is 2. The Balaban J connectivity index is 2.11. The summed E-state index contributed by atoms with van der Waals surface area (Å²) < 4.78 is 28.3. The zero-order valence-electron chi connectivity index (χ0n) is 11.2. The Morgan fingerprint density at radius 3 is 2.50 bits per heavy atom. The molecule has 0 aliphatic rings. The van der Waals surface area contributed by atoms with Crippen LogP contribution in [0.1, 0.15) is 15.9 Å². The van der Waals surface area contributed by atoms with Gasteiger partial charge in [0.15, 0.2) is 5.78 Å². The van der Waals surface area contributed by atoms with Crippen molar-refractivity contribution in [3.05, 3.63) is 64.7 Å². The van der Waals surface area contributed by atoms with E-state index in [9.17, 15) is 18.7 Å². The first-order chi connectivity index (χ1) is 10.5. The quantitative estimate of drug-likeness (QED) is 0.648. The summed E-state index contributed by atoms with van der Waals surface area (Å²) in [5.74, 6) is -0.557. The zero-order valence-corrected chi connectivity index (χ0v) is 11.9. The second-order valence-electron chi connectivity index (χ2n) is 4.31. The van der Waals surface area contributed by atoms with Gasteiger partial charge in [0.05, 0.1) is 5.56 Å². The van der Waals surface area contributed by atoms with E-state index in [1.165, 1.54) is 54.6 Å². The van der Waals surface area contributed by atoms with Crippen LogP contribution < -0.4 is 4.74 Å². The molecule has 2 aromatic carbocycles. The number of allylic oxidation sites excluding steroid dienone is 1. The third-order valence-corrected chi connectivity index (χ3v) is 2.99. The fourth-order valence-corrected chi connectivity index (χ4v) is 1.90. The van der Waals surface area contributed by atoms with Crippen LogP contribution in [-0.2, 0) is 0 Å². The van der Waals surface area contributed by atoms with Crippen LogP contribution in [0.4, 0.5) is 8.78 Å². The molecule has 22 heavy (non-hydrogen) atoms. The van der Waals surface area contributed by atoms with Gasteiger partial charge in [0, 0.05) is 5.02 Å². The van der Waals surface area contributed by atoms with Crippen LogP contribution in [0.5, 0.6) is 11.5 Å². The maximum absolute atomic E-state index is 12.0. The minimum atomic E-state index is -2.88. The van der Waals surface area contributed by atoms with Gasteiger partial charge in [0.25, 0.3) is 0 Å². The van der Waals surface area contributed by atoms with E-state index >= 15 is 0 Å². The number of carbonyl (C=O) groups is 1. The summed E-state index contributed by atoms with van der Waals surface area (Å²) in [6, 6.07) is 9.96. The third-order valence-electron chi connectivity index (χ3n) is 2.76. The topological polar surface area (TPSA) is 46.5 Å². The normalized spacial score (nSPS) is 11.1. The number of phenolic OH excluding ortho intramolecular Hbond substituents is 1. The van der Waals surface area contributed by atoms with Gasteiger partial charge in [-0.2, -0.15) is 8.78 Å². The number of ketones is 1. The Labute approximate surface area is 130 Å². The molecule has 2 rings (SSSR count). The highest BCUT2D eigenvalue weighted by Crippen LogP contribution is 2.22. The van der Waals surface area contributed by atoms with Crippen LogP contribution in [0.25, 0.3) is 6.08 Å². The molecular formula is C16H11ClF2O3. The maximum Gasteiger partial charge on any atom is 0.387 e. The summed E-state index contributed by atoms with van der Waals surface area (Å²) in [7, 11) is 0. The molecular weight excluding hydrogens is 314 g/mol. The van der Waals surface area contributed by atoms with Crippen molar-refractivity contribution >= 4 is 23.5 Å². The molecule has 0 aliphatic carbocycles. The molecule has 1 N–H and O–H groups in total. The number of ether oxygens (including phenoxy) is 1. The molecule has 0 aliphatic heterocycles. The Kier molecular flexibility index (Phi) is 5.12. The van der Waals surface area contributed by atoms with Gasteiger partial charge < -0.3 is 9.84 Å². The van der Waals surface area contributed by atoms with Crippen molar-refractivity contribution in [2.24, 2.45) is 0 Å². The number of aromatic hydroxyl groups is 1. The lowest BCUT2D eigenvalue weighted by molar-refractivity contribution is -0.0498. The van der Waals surface area contributed by atoms with Crippen molar-refractivity contribution in [2.45, 2.75) is 6.61 Å². The molecule has 0 unspecified atom stereocenters. The first kappa shape index (κ1) is 16.0. The summed E-state index contributed by atoms with van der Waals surface area (Å²) >= 11 is 5.77. The predicted molar refractivity (Wildman–Crippen MR) is 79.6 cm³/mol. The van der Waals surface area contributed by atoms with Gasteiger partial charge in [-0.25, -0.2) is 0 Å². The lowest BCUT2D eigenvalue weighted by Crippen LogP contribution is -2.01. The number of phenols is 1. The van der Waals surface area contributed by atoms with Crippen LogP contribution in [0.3, 0.4) is 0 Å². The van der Waals surface area contributed by atoms with Gasteiger partial charge in [-0.15, -0.1) is 0 Å². The molecule has 0 spiro atoms. The van der Waals surface area contributed by atoms with Gasteiger partial charge in [-0.3, -0.25) is 4.79 Å². The Morgan fingerprint density at radius 1 is 1.18 bits per heavy atom. The van der Waals surface area contributed by atoms with E-state index in [1.807, 2.05) is 0 Å². The second-order valence-corrected chi connectivity index (χ2v) is 4.74. The number of carbonyl (C=O) groups excluding carboxylic acids is 1. The van der Waals surface area contributed by atoms with Gasteiger partial charge in [0.2, 0.25) is 0 Å². The number of rotatable bonds is 5. The monoisotopic (exact) mass is 324 g/mol. The third kappa shape index (κ3) is 4.30. The summed E-state index contributed by atoms with van der Waals surface area (Å²) in [4.78, 5) is 12.0. The van der Waals surface area contributed by atoms with Crippen LogP contribution >= 0.6 is 11.6 Å². The fourth-order valence-electron chi connectivity index (χ4n) is 1.73. The average Bonchev–Trinajstić information content (AvgIpc) is 2.48. The Bertz CT molecular complexity index is 697. The predicted octanol–water partition coefficient (Wildman–Crippen LogP) is 4.54. The van der Waals surface area contributed by atoms with Gasteiger partial charge in [-0.05, 0) is 42.0 Å². The molecule has 0 atom stereocenters. The van der Waals surface area contributed by atoms with E-state index in [0.29, 0.717) is 10.6 Å². The first-order valence-corrected chi connectivity index (χ1v) is 6.59. The zero-order chi connectivity index (χ0) is 16.1. The molecule has 0 saturated carbocycles. The maximum atomic E-state index is 12.0. The standard InChI is InChI=1S/C16H11ClF2O3/c17-11-4-8-15(21)13(9-11)14(20)7-3-10-1-5-12(6-2-10)22-16(18)19/h1-9,16,21H. The molecule has 0 radical (unpaired) electrons. The lowest BCUT2D eigenvalue weighted by atomic mass is 10.1. The lowest BCUT2D eigenvalue weighted by Gasteiger charge is -2.04. The molecule has 2 aromatic rings. The van der Waals surface area contributed by atoms with Gasteiger partial charge >= 0.3 is 6.61 Å². The largest absolute Gasteiger partial charge is 0.507 e. The molecule has 3 nitrogen and oxygen atoms in total. The fraction of sp³-hybridized carbons (Fsp3) is 0.0625. The van der Waals surface area contributed by atoms with Crippen molar-refractivity contribution in [3.63, 3.8) is 0 Å². The minimum Gasteiger partial charge on any atom is -0.507 e. The molecule has 0 saturated heterocycles. The summed E-state index contributed by atoms with van der Waals surface area (Å²) in [5.41, 5.74) is 0.706. The molecule has 0 aromatic heterocycles. The Morgan fingerprint density at radius 2 is 1.86 bits per heavy atom. The highest BCUT2D eigenvalue weighted by molar-refractivity contribution is 6.31. The summed E-state index contributed by atoms with van der Waals surface area (Å²) in [6.45, 7) is -2.88. The first-order valence-electron chi connectivity index (χ1n) is 6.21. The molecule has 6 heteroatoms. The smallest absolute Gasteiger partial charge is 0.387 e. The van der Waals surface area contributed by atoms with Crippen molar-refractivity contribution in [3.8, 4) is 11.5 Å². The van der Waals surface area contributed by atoms with Crippen LogP contribution in [0, 0.1) is 0 Å². The van der Waals surface area contributed by atoms with Crippen molar-refractivity contribution in [2.75, 3.05) is 0 Å². The second kappa shape index (κ2) is 7.04. The Hall–Kier alpha value is -2.40. The van der Waals surface area contributed by atoms with Crippen molar-refractivity contribution in [1.29, 1.82) is 0 Å². The average molecular weight is 325 g/mol. The van der Waals surface area contributed by atoms with Crippen LogP contribution in [0.2, 0.25) is 5.02 Å². The number of alkyl halides is 2. The van der Waals surface area contributed by atoms with E-state index in [2.05, 4.69) is 4.74 Å². The molecule has 114 valence electrons. The van der Waals surface area contributed by atoms with E-state index < -0.39 is 12.4 Å². The number of hydrogen-bond donors (Lipinski definition) is 1. The van der Waals surface area contributed by atoms with Crippen molar-refractivity contribution in [1.82, 2.24) is 0 Å². The molecule has 0 bridgehead atoms. The molecule has 0 fully saturated rings. The summed E-state index contributed by atoms with van der Waals surface area (Å²) in [5, 5.41) is 9.96. The van der Waals surface area contributed by atoms with Gasteiger partial charge in [0.1, 0.15) is 11.5 Å². The van der Waals surface area contributed by atoms with Gasteiger partial charge in [-0.1, -0.05) is 29.8 Å².